The summed E-state index contributed by atoms with van der Waals surface area (Å²) in [4.78, 5) is 58.9. The minimum absolute atomic E-state index is 0.0897. The Kier molecular flexibility index (Phi) is 12.8. The van der Waals surface area contributed by atoms with E-state index in [0.717, 1.165) is 18.4 Å². The Balaban J connectivity index is 1.71. The predicted octanol–water partition coefficient (Wildman–Crippen LogP) is 4.32. The Hall–Kier alpha value is -3.02. The summed E-state index contributed by atoms with van der Waals surface area (Å²) < 4.78 is 12.2. The highest BCUT2D eigenvalue weighted by Crippen LogP contribution is 2.60. The van der Waals surface area contributed by atoms with E-state index in [1.165, 1.54) is 4.90 Å². The number of fused-ring (bicyclic) bond motifs is 1. The quantitative estimate of drug-likeness (QED) is 0.132. The van der Waals surface area contributed by atoms with Crippen molar-refractivity contribution in [3.05, 3.63) is 61.2 Å². The van der Waals surface area contributed by atoms with Crippen LogP contribution >= 0.6 is 15.9 Å². The van der Waals surface area contributed by atoms with Gasteiger partial charge in [-0.1, -0.05) is 85.6 Å². The van der Waals surface area contributed by atoms with Crippen molar-refractivity contribution in [3.63, 3.8) is 0 Å². The first-order valence-electron chi connectivity index (χ1n) is 16.8. The van der Waals surface area contributed by atoms with Gasteiger partial charge in [0.2, 0.25) is 17.7 Å². The average Bonchev–Trinajstić information content (AvgIpc) is 3.65. The molecule has 2 bridgehead atoms. The first-order chi connectivity index (χ1) is 22.5. The standard InChI is InChI=1S/C36H50BrN3O7/c1-6-9-16-28(42)46-22-27(24-14-12-11-13-15-24)38-33(43)29-30-34(44)40(25(21-41)19-23(4)5)32(36(30)20-26(37)31(29)47-36)35(45)39(17-8-3)18-10-7-2/h6,8,11-15,23,25-27,29-32,41H,1,3,7,9-10,16-22H2,2,4-5H3,(H,38,43)/t25-,26?,27+,29-,30+,31-,32-,36+/m1/s1. The number of carbonyl (C=O) groups excluding carboxylic acids is 4. The summed E-state index contributed by atoms with van der Waals surface area (Å²) in [6, 6.07) is 6.91. The van der Waals surface area contributed by atoms with E-state index < -0.39 is 53.5 Å². The molecule has 2 N–H and O–H groups in total. The molecule has 0 radical (unpaired) electrons. The van der Waals surface area contributed by atoms with Gasteiger partial charge < -0.3 is 29.7 Å². The number of allylic oxidation sites excluding steroid dienone is 1. The van der Waals surface area contributed by atoms with Gasteiger partial charge in [0.1, 0.15) is 18.2 Å². The molecule has 4 rings (SSSR count). The van der Waals surface area contributed by atoms with Gasteiger partial charge in [0.25, 0.3) is 0 Å². The van der Waals surface area contributed by atoms with E-state index in [9.17, 15) is 24.3 Å². The van der Waals surface area contributed by atoms with Crippen molar-refractivity contribution in [1.29, 1.82) is 0 Å². The number of carbonyl (C=O) groups is 4. The molecule has 0 saturated carbocycles. The summed E-state index contributed by atoms with van der Waals surface area (Å²) >= 11 is 3.74. The third-order valence-corrected chi connectivity index (χ3v) is 10.4. The second kappa shape index (κ2) is 16.4. The van der Waals surface area contributed by atoms with Crippen LogP contribution in [0.2, 0.25) is 0 Å². The number of nitrogens with one attached hydrogen (secondary N) is 1. The molecule has 3 aliphatic heterocycles. The van der Waals surface area contributed by atoms with Crippen LogP contribution in [0.5, 0.6) is 0 Å². The molecule has 258 valence electrons. The third-order valence-electron chi connectivity index (χ3n) is 9.54. The number of esters is 1. The number of aliphatic hydroxyl groups excluding tert-OH is 1. The van der Waals surface area contributed by atoms with E-state index >= 15 is 0 Å². The number of ether oxygens (including phenoxy) is 2. The summed E-state index contributed by atoms with van der Waals surface area (Å²) in [5, 5.41) is 13.6. The molecule has 8 atom stereocenters. The predicted molar refractivity (Wildman–Crippen MR) is 182 cm³/mol. The summed E-state index contributed by atoms with van der Waals surface area (Å²) in [6.45, 7) is 13.9. The van der Waals surface area contributed by atoms with Gasteiger partial charge in [-0.2, -0.15) is 0 Å². The Morgan fingerprint density at radius 2 is 1.96 bits per heavy atom. The number of aliphatic hydroxyl groups is 1. The summed E-state index contributed by atoms with van der Waals surface area (Å²) in [7, 11) is 0. The van der Waals surface area contributed by atoms with E-state index in [0.29, 0.717) is 32.4 Å². The number of alkyl halides is 1. The fourth-order valence-electron chi connectivity index (χ4n) is 7.47. The van der Waals surface area contributed by atoms with Crippen LogP contribution in [-0.2, 0) is 28.7 Å². The number of likely N-dealkylation sites (tertiary alicyclic amines) is 1. The van der Waals surface area contributed by atoms with Crippen molar-refractivity contribution < 1.29 is 33.8 Å². The van der Waals surface area contributed by atoms with Crippen LogP contribution in [-0.4, -0.2) is 93.5 Å². The van der Waals surface area contributed by atoms with Gasteiger partial charge >= 0.3 is 5.97 Å². The third kappa shape index (κ3) is 7.67. The summed E-state index contributed by atoms with van der Waals surface area (Å²) in [5.41, 5.74) is -0.517. The van der Waals surface area contributed by atoms with Crippen molar-refractivity contribution in [2.45, 2.75) is 94.0 Å². The molecule has 47 heavy (non-hydrogen) atoms. The molecule has 3 amide bonds. The maximum Gasteiger partial charge on any atom is 0.306 e. The molecule has 3 aliphatic rings. The maximum absolute atomic E-state index is 14.6. The van der Waals surface area contributed by atoms with Crippen LogP contribution in [0, 0.1) is 17.8 Å². The molecular formula is C36H50BrN3O7. The van der Waals surface area contributed by atoms with Gasteiger partial charge in [-0.05, 0) is 37.2 Å². The summed E-state index contributed by atoms with van der Waals surface area (Å²) in [6.07, 6.45) is 5.82. The zero-order valence-electron chi connectivity index (χ0n) is 27.8. The Morgan fingerprint density at radius 3 is 2.57 bits per heavy atom. The number of nitrogens with zero attached hydrogens (tertiary/aromatic N) is 2. The highest BCUT2D eigenvalue weighted by molar-refractivity contribution is 9.09. The van der Waals surface area contributed by atoms with Gasteiger partial charge in [0.05, 0.1) is 36.6 Å². The van der Waals surface area contributed by atoms with Gasteiger partial charge in [0, 0.05) is 24.3 Å². The number of hydrogen-bond donors (Lipinski definition) is 2. The maximum atomic E-state index is 14.6. The van der Waals surface area contributed by atoms with E-state index in [2.05, 4.69) is 34.4 Å². The van der Waals surface area contributed by atoms with Crippen LogP contribution < -0.4 is 5.32 Å². The second-order valence-electron chi connectivity index (χ2n) is 13.3. The molecule has 3 saturated heterocycles. The first kappa shape index (κ1) is 36.8. The number of hydrogen-bond acceptors (Lipinski definition) is 7. The van der Waals surface area contributed by atoms with Crippen molar-refractivity contribution >= 4 is 39.6 Å². The van der Waals surface area contributed by atoms with Crippen molar-refractivity contribution in [1.82, 2.24) is 15.1 Å². The number of unbranched alkanes of at least 4 members (excludes halogenated alkanes) is 1. The lowest BCUT2D eigenvalue weighted by atomic mass is 9.70. The lowest BCUT2D eigenvalue weighted by molar-refractivity contribution is -0.151. The molecule has 1 aromatic rings. The van der Waals surface area contributed by atoms with E-state index in [4.69, 9.17) is 9.47 Å². The number of halogens is 1. The largest absolute Gasteiger partial charge is 0.463 e. The Bertz CT molecular complexity index is 1290. The lowest BCUT2D eigenvalue weighted by Gasteiger charge is -2.39. The summed E-state index contributed by atoms with van der Waals surface area (Å²) in [5.74, 6) is -3.14. The molecule has 1 spiro atoms. The smallest absolute Gasteiger partial charge is 0.306 e. The fourth-order valence-corrected chi connectivity index (χ4v) is 8.41. The van der Waals surface area contributed by atoms with E-state index in [-0.39, 0.29) is 42.2 Å². The van der Waals surface area contributed by atoms with E-state index in [1.54, 1.807) is 17.1 Å². The van der Waals surface area contributed by atoms with Crippen LogP contribution in [0.4, 0.5) is 0 Å². The van der Waals surface area contributed by atoms with Gasteiger partial charge in [-0.15, -0.1) is 13.2 Å². The Morgan fingerprint density at radius 1 is 1.23 bits per heavy atom. The molecule has 0 aliphatic carbocycles. The van der Waals surface area contributed by atoms with Crippen LogP contribution in [0.1, 0.15) is 70.9 Å². The molecule has 3 fully saturated rings. The molecular weight excluding hydrogens is 666 g/mol. The van der Waals surface area contributed by atoms with Crippen molar-refractivity contribution in [2.24, 2.45) is 17.8 Å². The number of rotatable bonds is 18. The van der Waals surface area contributed by atoms with Crippen LogP contribution in [0.3, 0.4) is 0 Å². The number of amides is 3. The zero-order chi connectivity index (χ0) is 34.3. The minimum Gasteiger partial charge on any atom is -0.463 e. The molecule has 10 nitrogen and oxygen atoms in total. The first-order valence-corrected chi connectivity index (χ1v) is 17.7. The molecule has 11 heteroatoms. The normalized spacial score (nSPS) is 27.3. The molecule has 1 unspecified atom stereocenters. The van der Waals surface area contributed by atoms with Gasteiger partial charge in [-0.25, -0.2) is 0 Å². The average molecular weight is 717 g/mol. The van der Waals surface area contributed by atoms with Crippen molar-refractivity contribution in [2.75, 3.05) is 26.3 Å². The van der Waals surface area contributed by atoms with Crippen LogP contribution in [0.15, 0.2) is 55.6 Å². The van der Waals surface area contributed by atoms with Crippen molar-refractivity contribution in [3.8, 4) is 0 Å². The van der Waals surface area contributed by atoms with E-state index in [1.807, 2.05) is 51.1 Å². The van der Waals surface area contributed by atoms with Gasteiger partial charge in [-0.3, -0.25) is 19.2 Å². The molecule has 1 aromatic carbocycles. The molecule has 0 aromatic heterocycles. The second-order valence-corrected chi connectivity index (χ2v) is 14.5. The lowest BCUT2D eigenvalue weighted by Crippen LogP contribution is -2.59. The zero-order valence-corrected chi connectivity index (χ0v) is 29.4. The number of benzene rings is 1. The highest BCUT2D eigenvalue weighted by atomic mass is 79.9. The van der Waals surface area contributed by atoms with Crippen LogP contribution in [0.25, 0.3) is 0 Å². The SMILES string of the molecule is C=CCCC(=O)OC[C@H](NC(=O)[C@H]1[C@@H]2O[C@@]3(CC2Br)[C@@H]1C(=O)N([C@@H](CO)CC(C)C)[C@@H]3C(=O)N(CC=C)CCCC)c1ccccc1. The minimum atomic E-state index is -1.26. The Labute approximate surface area is 287 Å². The molecule has 3 heterocycles. The topological polar surface area (TPSA) is 125 Å². The fraction of sp³-hybridized carbons (Fsp3) is 0.611. The highest BCUT2D eigenvalue weighted by Gasteiger charge is 2.77. The monoisotopic (exact) mass is 715 g/mol. The van der Waals surface area contributed by atoms with Gasteiger partial charge in [0.15, 0.2) is 0 Å².